The van der Waals surface area contributed by atoms with Crippen molar-refractivity contribution >= 4 is 0 Å². The summed E-state index contributed by atoms with van der Waals surface area (Å²) in [6, 6.07) is 8.37. The van der Waals surface area contributed by atoms with Crippen LogP contribution in [0.3, 0.4) is 0 Å². The molecule has 1 N–H and O–H groups in total. The van der Waals surface area contributed by atoms with Gasteiger partial charge in [-0.2, -0.15) is 0 Å². The van der Waals surface area contributed by atoms with Crippen LogP contribution in [0.4, 0.5) is 0 Å². The van der Waals surface area contributed by atoms with Gasteiger partial charge in [0.25, 0.3) is 0 Å². The van der Waals surface area contributed by atoms with Gasteiger partial charge in [-0.05, 0) is 13.0 Å². The van der Waals surface area contributed by atoms with Gasteiger partial charge in [0.1, 0.15) is 5.69 Å². The Bertz CT molecular complexity index is 544. The first kappa shape index (κ1) is 12.4. The zero-order valence-corrected chi connectivity index (χ0v) is 11.2. The summed E-state index contributed by atoms with van der Waals surface area (Å²) in [6.07, 6.45) is 1.55. The second-order valence-electron chi connectivity index (χ2n) is 5.02. The van der Waals surface area contributed by atoms with Crippen LogP contribution in [0.1, 0.15) is 11.3 Å². The summed E-state index contributed by atoms with van der Waals surface area (Å²) in [4.78, 5) is 6.80. The van der Waals surface area contributed by atoms with Crippen LogP contribution in [0, 0.1) is 6.92 Å². The lowest BCUT2D eigenvalue weighted by molar-refractivity contribution is 0.231. The van der Waals surface area contributed by atoms with Crippen LogP contribution in [-0.4, -0.2) is 36.1 Å². The summed E-state index contributed by atoms with van der Waals surface area (Å²) in [6.45, 7) is 7.20. The first-order valence-electron chi connectivity index (χ1n) is 6.75. The van der Waals surface area contributed by atoms with Gasteiger partial charge in [-0.15, -0.1) is 0 Å². The molecule has 2 aromatic rings. The van der Waals surface area contributed by atoms with Crippen molar-refractivity contribution in [3.63, 3.8) is 0 Å². The van der Waals surface area contributed by atoms with Crippen molar-refractivity contribution in [3.8, 4) is 11.3 Å². The smallest absolute Gasteiger partial charge is 0.181 e. The van der Waals surface area contributed by atoms with Crippen LogP contribution in [0.2, 0.25) is 0 Å². The number of nitrogens with one attached hydrogen (secondary N) is 1. The molecule has 0 bridgehead atoms. The van der Waals surface area contributed by atoms with Crippen LogP contribution >= 0.6 is 0 Å². The third-order valence-corrected chi connectivity index (χ3v) is 3.50. The van der Waals surface area contributed by atoms with Crippen molar-refractivity contribution in [2.45, 2.75) is 13.5 Å². The van der Waals surface area contributed by atoms with E-state index >= 15 is 0 Å². The first-order valence-corrected chi connectivity index (χ1v) is 6.75. The average Bonchev–Trinajstić information content (AvgIpc) is 2.88. The van der Waals surface area contributed by atoms with E-state index in [0.717, 1.165) is 49.7 Å². The number of aryl methyl sites for hydroxylation is 1. The van der Waals surface area contributed by atoms with Gasteiger partial charge in [-0.1, -0.05) is 23.8 Å². The molecule has 1 fully saturated rings. The fourth-order valence-electron chi connectivity index (χ4n) is 2.48. The standard InChI is InChI=1S/C15H19N3O/c1-12-3-2-4-13(9-12)15-14(17-11-19-15)10-18-7-5-16-6-8-18/h2-4,9,11,16H,5-8,10H2,1H3. The Morgan fingerprint density at radius 1 is 1.32 bits per heavy atom. The summed E-state index contributed by atoms with van der Waals surface area (Å²) < 4.78 is 5.59. The number of hydrogen-bond acceptors (Lipinski definition) is 4. The molecule has 19 heavy (non-hydrogen) atoms. The molecule has 0 spiro atoms. The van der Waals surface area contributed by atoms with Gasteiger partial charge in [0.2, 0.25) is 0 Å². The highest BCUT2D eigenvalue weighted by Gasteiger charge is 2.16. The van der Waals surface area contributed by atoms with Crippen molar-refractivity contribution in [1.82, 2.24) is 15.2 Å². The van der Waals surface area contributed by atoms with E-state index in [1.807, 2.05) is 0 Å². The SMILES string of the molecule is Cc1cccc(-c2ocnc2CN2CCNCC2)c1. The molecule has 4 nitrogen and oxygen atoms in total. The molecule has 1 aromatic carbocycles. The van der Waals surface area contributed by atoms with Crippen LogP contribution < -0.4 is 5.32 Å². The van der Waals surface area contributed by atoms with Gasteiger partial charge in [-0.3, -0.25) is 4.90 Å². The predicted octanol–water partition coefficient (Wildman–Crippen LogP) is 2.06. The number of benzene rings is 1. The molecule has 3 rings (SSSR count). The molecule has 0 saturated carbocycles. The van der Waals surface area contributed by atoms with Crippen molar-refractivity contribution in [3.05, 3.63) is 41.9 Å². The Balaban J connectivity index is 1.81. The van der Waals surface area contributed by atoms with Gasteiger partial charge in [0, 0.05) is 38.3 Å². The second kappa shape index (κ2) is 5.55. The van der Waals surface area contributed by atoms with E-state index in [2.05, 4.69) is 46.4 Å². The normalized spacial score (nSPS) is 16.7. The molecular formula is C15H19N3O. The van der Waals surface area contributed by atoms with Crippen LogP contribution in [0.25, 0.3) is 11.3 Å². The summed E-state index contributed by atoms with van der Waals surface area (Å²) in [5.41, 5.74) is 3.39. The van der Waals surface area contributed by atoms with Gasteiger partial charge in [-0.25, -0.2) is 4.98 Å². The summed E-state index contributed by atoms with van der Waals surface area (Å²) >= 11 is 0. The molecule has 0 unspecified atom stereocenters. The minimum Gasteiger partial charge on any atom is -0.443 e. The Morgan fingerprint density at radius 3 is 2.95 bits per heavy atom. The fourth-order valence-corrected chi connectivity index (χ4v) is 2.48. The third kappa shape index (κ3) is 2.85. The number of rotatable bonds is 3. The van der Waals surface area contributed by atoms with E-state index in [1.165, 1.54) is 5.56 Å². The largest absolute Gasteiger partial charge is 0.443 e. The van der Waals surface area contributed by atoms with Gasteiger partial charge in [0.05, 0.1) is 0 Å². The fraction of sp³-hybridized carbons (Fsp3) is 0.400. The minimum atomic E-state index is 0.863. The third-order valence-electron chi connectivity index (χ3n) is 3.50. The average molecular weight is 257 g/mol. The van der Waals surface area contributed by atoms with Crippen molar-refractivity contribution in [1.29, 1.82) is 0 Å². The lowest BCUT2D eigenvalue weighted by atomic mass is 10.1. The Hall–Kier alpha value is -1.65. The van der Waals surface area contributed by atoms with Crippen molar-refractivity contribution in [2.75, 3.05) is 26.2 Å². The number of hydrogen-bond donors (Lipinski definition) is 1. The summed E-state index contributed by atoms with van der Waals surface area (Å²) in [5.74, 6) is 0.905. The zero-order valence-electron chi connectivity index (χ0n) is 11.2. The van der Waals surface area contributed by atoms with E-state index in [1.54, 1.807) is 6.39 Å². The van der Waals surface area contributed by atoms with E-state index in [4.69, 9.17) is 4.42 Å². The second-order valence-corrected chi connectivity index (χ2v) is 5.02. The molecule has 2 heterocycles. The summed E-state index contributed by atoms with van der Waals surface area (Å²) in [7, 11) is 0. The Kier molecular flexibility index (Phi) is 3.62. The van der Waals surface area contributed by atoms with Crippen LogP contribution in [0.15, 0.2) is 35.1 Å². The van der Waals surface area contributed by atoms with E-state index in [0.29, 0.717) is 0 Å². The predicted molar refractivity (Wildman–Crippen MR) is 74.8 cm³/mol. The van der Waals surface area contributed by atoms with Crippen LogP contribution in [-0.2, 0) is 6.54 Å². The monoisotopic (exact) mass is 257 g/mol. The molecule has 1 aliphatic heterocycles. The zero-order chi connectivity index (χ0) is 13.1. The molecule has 4 heteroatoms. The van der Waals surface area contributed by atoms with E-state index < -0.39 is 0 Å². The lowest BCUT2D eigenvalue weighted by Gasteiger charge is -2.26. The maximum atomic E-state index is 5.59. The number of oxazole rings is 1. The van der Waals surface area contributed by atoms with Crippen molar-refractivity contribution < 1.29 is 4.42 Å². The van der Waals surface area contributed by atoms with E-state index in [-0.39, 0.29) is 0 Å². The highest BCUT2D eigenvalue weighted by Crippen LogP contribution is 2.24. The minimum absolute atomic E-state index is 0.863. The number of nitrogens with zero attached hydrogens (tertiary/aromatic N) is 2. The van der Waals surface area contributed by atoms with Gasteiger partial charge in [0.15, 0.2) is 12.2 Å². The molecule has 0 radical (unpaired) electrons. The molecular weight excluding hydrogens is 238 g/mol. The van der Waals surface area contributed by atoms with E-state index in [9.17, 15) is 0 Å². The van der Waals surface area contributed by atoms with Gasteiger partial charge < -0.3 is 9.73 Å². The molecule has 0 amide bonds. The number of piperazine rings is 1. The maximum absolute atomic E-state index is 5.59. The summed E-state index contributed by atoms with van der Waals surface area (Å²) in [5, 5.41) is 3.36. The molecule has 1 aliphatic rings. The molecule has 1 saturated heterocycles. The quantitative estimate of drug-likeness (QED) is 0.913. The molecule has 100 valence electrons. The van der Waals surface area contributed by atoms with Crippen LogP contribution in [0.5, 0.6) is 0 Å². The molecule has 0 aliphatic carbocycles. The van der Waals surface area contributed by atoms with Crippen molar-refractivity contribution in [2.24, 2.45) is 0 Å². The Labute approximate surface area is 113 Å². The maximum Gasteiger partial charge on any atom is 0.181 e. The lowest BCUT2D eigenvalue weighted by Crippen LogP contribution is -2.43. The first-order chi connectivity index (χ1) is 9.33. The molecule has 1 aromatic heterocycles. The highest BCUT2D eigenvalue weighted by atomic mass is 16.3. The molecule has 0 atom stereocenters. The van der Waals surface area contributed by atoms with Gasteiger partial charge >= 0.3 is 0 Å². The Morgan fingerprint density at radius 2 is 2.16 bits per heavy atom. The number of aromatic nitrogens is 1. The highest BCUT2D eigenvalue weighted by molar-refractivity contribution is 5.60. The topological polar surface area (TPSA) is 41.3 Å².